The number of carbonyl (C=O) groups is 1. The molecule has 13 heteroatoms. The molecule has 1 aliphatic rings. The number of amides is 1. The van der Waals surface area contributed by atoms with Gasteiger partial charge in [-0.05, 0) is 51.2 Å². The van der Waals surface area contributed by atoms with Crippen LogP contribution in [0.3, 0.4) is 0 Å². The number of piperazine rings is 1. The molecule has 3 aromatic rings. The molecule has 4 rings (SSSR count). The summed E-state index contributed by atoms with van der Waals surface area (Å²) in [6, 6.07) is 11.5. The third kappa shape index (κ3) is 6.44. The largest absolute Gasteiger partial charge is 0.424 e. The summed E-state index contributed by atoms with van der Waals surface area (Å²) < 4.78 is 36.5. The number of nitrogens with zero attached hydrogens (tertiary/aromatic N) is 5. The number of nitrogens with one attached hydrogen (secondary N) is 2. The van der Waals surface area contributed by atoms with Gasteiger partial charge in [0.15, 0.2) is 5.82 Å². The minimum Gasteiger partial charge on any atom is -0.424 e. The Kier molecular flexibility index (Phi) is 8.56. The van der Waals surface area contributed by atoms with Crippen LogP contribution in [0.4, 0.5) is 11.4 Å². The van der Waals surface area contributed by atoms with E-state index in [9.17, 15) is 13.2 Å². The smallest absolute Gasteiger partial charge is 0.322 e. The van der Waals surface area contributed by atoms with Gasteiger partial charge in [0.05, 0.1) is 21.6 Å². The highest BCUT2D eigenvalue weighted by Gasteiger charge is 2.25. The van der Waals surface area contributed by atoms with Crippen LogP contribution in [-0.4, -0.2) is 67.2 Å². The van der Waals surface area contributed by atoms with Gasteiger partial charge in [0.25, 0.3) is 0 Å². The first-order chi connectivity index (χ1) is 18.1. The highest BCUT2D eigenvalue weighted by molar-refractivity contribution is 7.89. The summed E-state index contributed by atoms with van der Waals surface area (Å²) in [6.07, 6.45) is 0. The Labute approximate surface area is 227 Å². The first-order valence-corrected chi connectivity index (χ1v) is 14.2. The Balaban J connectivity index is 1.49. The minimum atomic E-state index is -3.95. The molecule has 38 heavy (non-hydrogen) atoms. The number of hydrogen-bond donors (Lipinski definition) is 2. The molecule has 1 atom stereocenters. The zero-order valence-corrected chi connectivity index (χ0v) is 23.4. The monoisotopic (exact) mass is 561 g/mol. The Hall–Kier alpha value is -3.19. The number of rotatable bonds is 9. The van der Waals surface area contributed by atoms with Crippen molar-refractivity contribution in [3.05, 3.63) is 53.3 Å². The van der Waals surface area contributed by atoms with Crippen LogP contribution in [0.1, 0.15) is 32.6 Å². The van der Waals surface area contributed by atoms with Crippen molar-refractivity contribution in [3.8, 4) is 11.8 Å². The molecule has 1 saturated heterocycles. The van der Waals surface area contributed by atoms with Crippen LogP contribution in [0.2, 0.25) is 5.02 Å². The average molecular weight is 562 g/mol. The molecule has 11 nitrogen and oxygen atoms in total. The van der Waals surface area contributed by atoms with Crippen molar-refractivity contribution in [2.24, 2.45) is 0 Å². The maximum absolute atomic E-state index is 13.1. The van der Waals surface area contributed by atoms with Crippen molar-refractivity contribution in [3.63, 3.8) is 0 Å². The van der Waals surface area contributed by atoms with E-state index in [-0.39, 0.29) is 21.8 Å². The number of halogens is 1. The molecule has 0 saturated carbocycles. The van der Waals surface area contributed by atoms with Gasteiger partial charge in [-0.15, -0.1) is 5.10 Å². The zero-order chi connectivity index (χ0) is 27.4. The summed E-state index contributed by atoms with van der Waals surface area (Å²) in [5, 5.41) is 11.1. The van der Waals surface area contributed by atoms with E-state index in [4.69, 9.17) is 16.3 Å². The lowest BCUT2D eigenvalue weighted by molar-refractivity contribution is -0.114. The lowest BCUT2D eigenvalue weighted by Crippen LogP contribution is -2.44. The lowest BCUT2D eigenvalue weighted by atomic mass is 10.2. The maximum atomic E-state index is 13.1. The molecule has 1 fully saturated rings. The van der Waals surface area contributed by atoms with E-state index in [1.807, 2.05) is 25.1 Å². The van der Waals surface area contributed by atoms with Crippen LogP contribution in [0, 0.1) is 0 Å². The quantitative estimate of drug-likeness (QED) is 0.407. The van der Waals surface area contributed by atoms with Gasteiger partial charge >= 0.3 is 6.01 Å². The number of sulfonamides is 1. The number of likely N-dealkylation sites (N-methyl/N-ethyl adjacent to an activating group) is 1. The molecule has 1 aliphatic heterocycles. The number of hydrogen-bond acceptors (Lipinski definition) is 8. The highest BCUT2D eigenvalue weighted by atomic mass is 35.5. The fraction of sp³-hybridized carbons (Fsp3) is 0.400. The molecule has 0 unspecified atom stereocenters. The van der Waals surface area contributed by atoms with Crippen molar-refractivity contribution in [1.29, 1.82) is 0 Å². The molecule has 2 N–H and O–H groups in total. The first-order valence-electron chi connectivity index (χ1n) is 12.3. The molecule has 204 valence electrons. The summed E-state index contributed by atoms with van der Waals surface area (Å²) in [4.78, 5) is 15.9. The van der Waals surface area contributed by atoms with Gasteiger partial charge in [0.1, 0.15) is 5.75 Å². The average Bonchev–Trinajstić information content (AvgIpc) is 3.28. The molecule has 0 aliphatic carbocycles. The van der Waals surface area contributed by atoms with E-state index < -0.39 is 16.1 Å². The van der Waals surface area contributed by atoms with Gasteiger partial charge < -0.3 is 19.9 Å². The van der Waals surface area contributed by atoms with E-state index in [1.54, 1.807) is 11.5 Å². The van der Waals surface area contributed by atoms with Gasteiger partial charge in [-0.1, -0.05) is 22.8 Å². The predicted molar refractivity (Wildman–Crippen MR) is 146 cm³/mol. The van der Waals surface area contributed by atoms with E-state index in [0.717, 1.165) is 31.9 Å². The molecular formula is C25H32ClN7O4S. The molecule has 1 amide bonds. The number of aromatic nitrogens is 3. The normalized spacial score (nSPS) is 15.3. The molecule has 1 aromatic heterocycles. The summed E-state index contributed by atoms with van der Waals surface area (Å²) in [5.74, 6) is 0.719. The molecule has 2 aromatic carbocycles. The molecule has 0 spiro atoms. The Morgan fingerprint density at radius 3 is 2.53 bits per heavy atom. The van der Waals surface area contributed by atoms with Crippen LogP contribution in [0.15, 0.2) is 47.4 Å². The van der Waals surface area contributed by atoms with E-state index >= 15 is 0 Å². The Morgan fingerprint density at radius 1 is 1.13 bits per heavy atom. The maximum Gasteiger partial charge on any atom is 0.322 e. The third-order valence-corrected chi connectivity index (χ3v) is 8.09. The van der Waals surface area contributed by atoms with Crippen LogP contribution >= 0.6 is 11.6 Å². The topological polar surface area (TPSA) is 122 Å². The van der Waals surface area contributed by atoms with E-state index in [0.29, 0.717) is 23.8 Å². The predicted octanol–water partition coefficient (Wildman–Crippen LogP) is 3.49. The SMILES string of the molecule is CCn1c(Oc2cccc(N3CCN(C)CC3)c2)nnc1[C@@H](C)NS(=O)(=O)c1ccc(NC(C)=O)c(Cl)c1. The Bertz CT molecular complexity index is 1400. The highest BCUT2D eigenvalue weighted by Crippen LogP contribution is 2.29. The second-order valence-corrected chi connectivity index (χ2v) is 11.3. The van der Waals surface area contributed by atoms with Gasteiger partial charge in [-0.25, -0.2) is 13.1 Å². The lowest BCUT2D eigenvalue weighted by Gasteiger charge is -2.34. The first kappa shape index (κ1) is 27.8. The Morgan fingerprint density at radius 2 is 1.87 bits per heavy atom. The van der Waals surface area contributed by atoms with Crippen molar-refractivity contribution in [1.82, 2.24) is 24.4 Å². The third-order valence-electron chi connectivity index (χ3n) is 6.24. The standard InChI is InChI=1S/C25H32ClN7O4S/c1-5-33-24(17(2)30-38(35,36)21-9-10-23(22(26)16-21)27-18(3)34)28-29-25(33)37-20-8-6-7-19(15-20)32-13-11-31(4)12-14-32/h6-10,15-17,30H,5,11-14H2,1-4H3,(H,27,34)/t17-/m1/s1. The fourth-order valence-electron chi connectivity index (χ4n) is 4.21. The van der Waals surface area contributed by atoms with Crippen molar-refractivity contribution >= 4 is 38.9 Å². The number of ether oxygens (including phenoxy) is 1. The van der Waals surface area contributed by atoms with Crippen LogP contribution in [0.5, 0.6) is 11.8 Å². The molecule has 2 heterocycles. The van der Waals surface area contributed by atoms with Gasteiger partial charge in [0.2, 0.25) is 15.9 Å². The number of anilines is 2. The second kappa shape index (κ2) is 11.7. The number of carbonyl (C=O) groups excluding carboxylic acids is 1. The van der Waals surface area contributed by atoms with Gasteiger partial charge in [-0.2, -0.15) is 0 Å². The second-order valence-electron chi connectivity index (χ2n) is 9.14. The van der Waals surface area contributed by atoms with Crippen LogP contribution in [-0.2, 0) is 21.4 Å². The van der Waals surface area contributed by atoms with E-state index in [2.05, 4.69) is 43.2 Å². The van der Waals surface area contributed by atoms with Crippen molar-refractivity contribution < 1.29 is 17.9 Å². The minimum absolute atomic E-state index is 0.0387. The van der Waals surface area contributed by atoms with E-state index in [1.165, 1.54) is 25.1 Å². The van der Waals surface area contributed by atoms with Gasteiger partial charge in [0, 0.05) is 51.4 Å². The van der Waals surface area contributed by atoms with Crippen LogP contribution < -0.4 is 19.7 Å². The van der Waals surface area contributed by atoms with Crippen molar-refractivity contribution in [2.45, 2.75) is 38.3 Å². The summed E-state index contributed by atoms with van der Waals surface area (Å²) in [7, 11) is -1.83. The fourth-order valence-corrected chi connectivity index (χ4v) is 5.73. The van der Waals surface area contributed by atoms with Crippen LogP contribution in [0.25, 0.3) is 0 Å². The number of benzene rings is 2. The van der Waals surface area contributed by atoms with Gasteiger partial charge in [-0.3, -0.25) is 9.36 Å². The molecule has 0 radical (unpaired) electrons. The van der Waals surface area contributed by atoms with Crippen molar-refractivity contribution in [2.75, 3.05) is 43.4 Å². The molecular weight excluding hydrogens is 530 g/mol. The summed E-state index contributed by atoms with van der Waals surface area (Å²) in [6.45, 7) is 9.27. The zero-order valence-electron chi connectivity index (χ0n) is 21.8. The summed E-state index contributed by atoms with van der Waals surface area (Å²) >= 11 is 6.17. The summed E-state index contributed by atoms with van der Waals surface area (Å²) in [5.41, 5.74) is 1.40. The molecule has 0 bridgehead atoms.